The van der Waals surface area contributed by atoms with Gasteiger partial charge in [0, 0.05) is 20.2 Å². The Morgan fingerprint density at radius 2 is 1.79 bits per heavy atom. The van der Waals surface area contributed by atoms with E-state index in [0.29, 0.717) is 11.8 Å². The summed E-state index contributed by atoms with van der Waals surface area (Å²) in [6.07, 6.45) is 14.0. The average molecular weight is 329 g/mol. The van der Waals surface area contributed by atoms with E-state index in [2.05, 4.69) is 87.7 Å². The summed E-state index contributed by atoms with van der Waals surface area (Å²) < 4.78 is 0. The third-order valence-corrected chi connectivity index (χ3v) is 7.29. The minimum absolute atomic E-state index is 0.407. The first-order valence-electron chi connectivity index (χ1n) is 8.84. The topological polar surface area (TPSA) is 0 Å². The molecule has 24 heavy (non-hydrogen) atoms. The molecule has 3 aliphatic carbocycles. The molecule has 0 amide bonds. The van der Waals surface area contributed by atoms with Gasteiger partial charge in [0.05, 0.1) is 0 Å². The fourth-order valence-corrected chi connectivity index (χ4v) is 5.89. The van der Waals surface area contributed by atoms with E-state index < -0.39 is 8.41 Å². The third-order valence-electron chi connectivity index (χ3n) is 5.54. The van der Waals surface area contributed by atoms with Gasteiger partial charge in [-0.3, -0.25) is 0 Å². The van der Waals surface area contributed by atoms with Gasteiger partial charge in [-0.05, 0) is 40.3 Å². The second-order valence-corrected chi connectivity index (χ2v) is 9.86. The van der Waals surface area contributed by atoms with Crippen molar-refractivity contribution in [3.05, 3.63) is 88.1 Å². The number of fused-ring (bicyclic) bond motifs is 2. The number of benzene rings is 1. The Kier molecular flexibility index (Phi) is 3.77. The maximum Gasteiger partial charge on any atom is 0.0284 e. The number of hydrogen-bond acceptors (Lipinski definition) is 0. The Labute approximate surface area is 146 Å². The van der Waals surface area contributed by atoms with Crippen LogP contribution in [0, 0.1) is 5.92 Å². The van der Waals surface area contributed by atoms with Crippen molar-refractivity contribution in [3.8, 4) is 0 Å². The lowest BCUT2D eigenvalue weighted by Crippen LogP contribution is -2.19. The van der Waals surface area contributed by atoms with Crippen molar-refractivity contribution in [2.24, 2.45) is 5.92 Å². The van der Waals surface area contributed by atoms with Crippen molar-refractivity contribution in [1.29, 1.82) is 0 Å². The lowest BCUT2D eigenvalue weighted by Gasteiger charge is -2.23. The summed E-state index contributed by atoms with van der Waals surface area (Å²) in [5, 5.41) is 1.64. The fraction of sp³-hybridized carbons (Fsp3) is 0.261. The standard InChI is InChI=1S/C23H24Si/c1-15-14-18-9-7-11-21(24(3)4)16(2)23(18)22(15)20-13-12-17-8-5-6-10-19(17)20/h5-14,16,20H,1-4H3. The minimum atomic E-state index is -0.447. The SMILES string of the molecule is CC1=CC2=CC=CC(=[Si](C)C)C(C)C2=C1C1C=Cc2ccccc21. The van der Waals surface area contributed by atoms with Crippen molar-refractivity contribution in [1.82, 2.24) is 0 Å². The lowest BCUT2D eigenvalue weighted by molar-refractivity contribution is 0.904. The molecule has 0 saturated heterocycles. The van der Waals surface area contributed by atoms with Crippen LogP contribution in [0.25, 0.3) is 6.08 Å². The summed E-state index contributed by atoms with van der Waals surface area (Å²) in [6.45, 7) is 9.51. The minimum Gasteiger partial charge on any atom is -0.0720 e. The van der Waals surface area contributed by atoms with E-state index in [1.54, 1.807) is 16.3 Å². The molecule has 120 valence electrons. The molecule has 0 N–H and O–H groups in total. The first-order valence-corrected chi connectivity index (χ1v) is 11.3. The van der Waals surface area contributed by atoms with Crippen LogP contribution in [0.15, 0.2) is 76.9 Å². The van der Waals surface area contributed by atoms with Gasteiger partial charge in [0.2, 0.25) is 0 Å². The molecule has 4 rings (SSSR count). The maximum absolute atomic E-state index is 2.41. The van der Waals surface area contributed by atoms with Crippen LogP contribution < -0.4 is 0 Å². The van der Waals surface area contributed by atoms with Gasteiger partial charge in [-0.25, -0.2) is 0 Å². The van der Waals surface area contributed by atoms with Crippen molar-refractivity contribution in [3.63, 3.8) is 0 Å². The normalized spacial score (nSPS) is 24.6. The second-order valence-electron chi connectivity index (χ2n) is 7.28. The van der Waals surface area contributed by atoms with Crippen molar-refractivity contribution >= 4 is 19.7 Å². The summed E-state index contributed by atoms with van der Waals surface area (Å²) >= 11 is 0. The molecular weight excluding hydrogens is 304 g/mol. The first-order chi connectivity index (χ1) is 11.6. The molecule has 0 radical (unpaired) electrons. The smallest absolute Gasteiger partial charge is 0.0284 e. The molecule has 1 aromatic rings. The number of rotatable bonds is 1. The summed E-state index contributed by atoms with van der Waals surface area (Å²) in [4.78, 5) is 0. The van der Waals surface area contributed by atoms with Crippen LogP contribution in [-0.4, -0.2) is 13.6 Å². The van der Waals surface area contributed by atoms with Crippen molar-refractivity contribution < 1.29 is 0 Å². The average Bonchev–Trinajstić information content (AvgIpc) is 3.06. The Hall–Kier alpha value is -1.99. The van der Waals surface area contributed by atoms with Crippen molar-refractivity contribution in [2.45, 2.75) is 32.9 Å². The van der Waals surface area contributed by atoms with Gasteiger partial charge < -0.3 is 0 Å². The molecule has 0 spiro atoms. The summed E-state index contributed by atoms with van der Waals surface area (Å²) in [6, 6.07) is 8.83. The predicted octanol–water partition coefficient (Wildman–Crippen LogP) is 5.69. The maximum atomic E-state index is 2.41. The van der Waals surface area contributed by atoms with Crippen molar-refractivity contribution in [2.75, 3.05) is 0 Å². The highest BCUT2D eigenvalue weighted by Gasteiger charge is 2.32. The third kappa shape index (κ3) is 2.30. The molecule has 1 aromatic carbocycles. The van der Waals surface area contributed by atoms with E-state index in [0.717, 1.165) is 0 Å². The van der Waals surface area contributed by atoms with E-state index in [-0.39, 0.29) is 0 Å². The Bertz CT molecular complexity index is 896. The largest absolute Gasteiger partial charge is 0.0720 e. The fourth-order valence-electron chi connectivity index (χ4n) is 4.45. The Morgan fingerprint density at radius 1 is 1.00 bits per heavy atom. The van der Waals surface area contributed by atoms with Gasteiger partial charge in [-0.2, -0.15) is 0 Å². The Morgan fingerprint density at radius 3 is 2.58 bits per heavy atom. The summed E-state index contributed by atoms with van der Waals surface area (Å²) in [5.41, 5.74) is 8.79. The molecular formula is C23H24Si. The van der Waals surface area contributed by atoms with Gasteiger partial charge in [0.1, 0.15) is 0 Å². The highest BCUT2D eigenvalue weighted by molar-refractivity contribution is 6.71. The predicted molar refractivity (Wildman–Crippen MR) is 108 cm³/mol. The molecule has 0 fully saturated rings. The quantitative estimate of drug-likeness (QED) is 0.581. The zero-order chi connectivity index (χ0) is 16.8. The van der Waals surface area contributed by atoms with Crippen LogP contribution in [0.3, 0.4) is 0 Å². The first kappa shape index (κ1) is 15.5. The van der Waals surface area contributed by atoms with Gasteiger partial charge in [0.15, 0.2) is 0 Å². The van der Waals surface area contributed by atoms with Crippen LogP contribution in [-0.2, 0) is 0 Å². The molecule has 0 aromatic heterocycles. The molecule has 0 aliphatic heterocycles. The molecule has 0 bridgehead atoms. The lowest BCUT2D eigenvalue weighted by atomic mass is 9.83. The highest BCUT2D eigenvalue weighted by Crippen LogP contribution is 2.47. The molecule has 1 heteroatoms. The van der Waals surface area contributed by atoms with Gasteiger partial charge >= 0.3 is 0 Å². The molecule has 2 atom stereocenters. The van der Waals surface area contributed by atoms with Crippen LogP contribution in [0.4, 0.5) is 0 Å². The van der Waals surface area contributed by atoms with Crippen LogP contribution in [0.2, 0.25) is 13.1 Å². The monoisotopic (exact) mass is 328 g/mol. The number of allylic oxidation sites excluding steroid dienone is 9. The highest BCUT2D eigenvalue weighted by atomic mass is 28.2. The van der Waals surface area contributed by atoms with Gasteiger partial charge in [-0.15, -0.1) is 0 Å². The van der Waals surface area contributed by atoms with E-state index in [1.807, 2.05) is 0 Å². The molecule has 0 nitrogen and oxygen atoms in total. The van der Waals surface area contributed by atoms with Crippen LogP contribution in [0.1, 0.15) is 30.9 Å². The van der Waals surface area contributed by atoms with Gasteiger partial charge in [0.25, 0.3) is 0 Å². The summed E-state index contributed by atoms with van der Waals surface area (Å²) in [7, 11) is -0.447. The zero-order valence-electron chi connectivity index (χ0n) is 14.9. The van der Waals surface area contributed by atoms with E-state index >= 15 is 0 Å². The summed E-state index contributed by atoms with van der Waals surface area (Å²) in [5.74, 6) is 0.924. The van der Waals surface area contributed by atoms with Crippen LogP contribution >= 0.6 is 0 Å². The van der Waals surface area contributed by atoms with Crippen LogP contribution in [0.5, 0.6) is 0 Å². The van der Waals surface area contributed by atoms with E-state index in [4.69, 9.17) is 0 Å². The number of hydrogen-bond donors (Lipinski definition) is 0. The Balaban J connectivity index is 1.91. The molecule has 0 heterocycles. The van der Waals surface area contributed by atoms with Gasteiger partial charge in [-0.1, -0.05) is 85.9 Å². The zero-order valence-corrected chi connectivity index (χ0v) is 15.9. The van der Waals surface area contributed by atoms with E-state index in [1.165, 1.54) is 22.3 Å². The molecule has 3 aliphatic rings. The molecule has 0 saturated carbocycles. The second kappa shape index (κ2) is 5.82. The van der Waals surface area contributed by atoms with E-state index in [9.17, 15) is 0 Å². The molecule has 2 unspecified atom stereocenters.